The van der Waals surface area contributed by atoms with Crippen molar-refractivity contribution in [3.05, 3.63) is 36.3 Å². The zero-order valence-corrected chi connectivity index (χ0v) is 9.95. The van der Waals surface area contributed by atoms with Gasteiger partial charge in [-0.2, -0.15) is 0 Å². The Morgan fingerprint density at radius 1 is 1.56 bits per heavy atom. The molecule has 1 rings (SSSR count). The first-order chi connectivity index (χ1) is 7.60. The largest absolute Gasteiger partial charge is 0.355 e. The van der Waals surface area contributed by atoms with Crippen molar-refractivity contribution in [1.29, 1.82) is 0 Å². The smallest absolute Gasteiger partial charge is 0.252 e. The topological polar surface area (TPSA) is 45.2 Å². The Morgan fingerprint density at radius 3 is 2.75 bits per heavy atom. The summed E-state index contributed by atoms with van der Waals surface area (Å²) in [4.78, 5) is 17.5. The van der Waals surface area contributed by atoms with Gasteiger partial charge in [-0.3, -0.25) is 9.78 Å². The van der Waals surface area contributed by atoms with Crippen LogP contribution in [0, 0.1) is 0 Å². The van der Waals surface area contributed by atoms with Gasteiger partial charge < -0.3 is 10.2 Å². The number of pyridine rings is 1. The number of carbonyl (C=O) groups excluding carboxylic acids is 1. The molecule has 0 radical (unpaired) electrons. The molecule has 0 bridgehead atoms. The van der Waals surface area contributed by atoms with E-state index < -0.39 is 0 Å². The number of carbonyl (C=O) groups is 1. The van der Waals surface area contributed by atoms with Crippen molar-refractivity contribution in [3.63, 3.8) is 0 Å². The second-order valence-corrected chi connectivity index (χ2v) is 3.49. The van der Waals surface area contributed by atoms with Crippen LogP contribution in [0.5, 0.6) is 0 Å². The van der Waals surface area contributed by atoms with Gasteiger partial charge in [0.25, 0.3) is 5.91 Å². The normalized spacial score (nSPS) is 9.69. The summed E-state index contributed by atoms with van der Waals surface area (Å²) in [5.41, 5.74) is 2.37. The third kappa shape index (κ3) is 2.59. The number of aromatic nitrogens is 1. The van der Waals surface area contributed by atoms with E-state index in [9.17, 15) is 4.79 Å². The third-order valence-electron chi connectivity index (χ3n) is 2.30. The van der Waals surface area contributed by atoms with Crippen LogP contribution in [0.3, 0.4) is 0 Å². The van der Waals surface area contributed by atoms with E-state index in [2.05, 4.69) is 16.9 Å². The van der Waals surface area contributed by atoms with Crippen LogP contribution in [0.25, 0.3) is 0 Å². The Labute approximate surface area is 96.0 Å². The molecule has 0 saturated carbocycles. The predicted octanol–water partition coefficient (Wildman–Crippen LogP) is 1.80. The predicted molar refractivity (Wildman–Crippen MR) is 65.5 cm³/mol. The van der Waals surface area contributed by atoms with Crippen LogP contribution in [0.2, 0.25) is 0 Å². The first-order valence-corrected chi connectivity index (χ1v) is 5.20. The molecule has 0 atom stereocenters. The summed E-state index contributed by atoms with van der Waals surface area (Å²) in [5, 5.41) is 2.57. The SMILES string of the molecule is C=C(C)N(CC)c1cncc(C(=O)NC)c1. The van der Waals surface area contributed by atoms with Gasteiger partial charge in [0.05, 0.1) is 17.4 Å². The highest BCUT2D eigenvalue weighted by Crippen LogP contribution is 2.17. The number of nitrogens with one attached hydrogen (secondary N) is 1. The summed E-state index contributed by atoms with van der Waals surface area (Å²) < 4.78 is 0. The van der Waals surface area contributed by atoms with Crippen LogP contribution >= 0.6 is 0 Å². The summed E-state index contributed by atoms with van der Waals surface area (Å²) in [5.74, 6) is -0.132. The number of nitrogens with zero attached hydrogens (tertiary/aromatic N) is 2. The fraction of sp³-hybridized carbons (Fsp3) is 0.333. The maximum absolute atomic E-state index is 11.5. The van der Waals surface area contributed by atoms with Crippen molar-refractivity contribution < 1.29 is 4.79 Å². The molecule has 0 unspecified atom stereocenters. The highest BCUT2D eigenvalue weighted by Gasteiger charge is 2.09. The zero-order valence-electron chi connectivity index (χ0n) is 9.95. The van der Waals surface area contributed by atoms with Gasteiger partial charge in [-0.1, -0.05) is 6.58 Å². The van der Waals surface area contributed by atoms with E-state index >= 15 is 0 Å². The Hall–Kier alpha value is -1.84. The highest BCUT2D eigenvalue weighted by molar-refractivity contribution is 5.94. The van der Waals surface area contributed by atoms with Crippen LogP contribution in [0.15, 0.2) is 30.7 Å². The van der Waals surface area contributed by atoms with Gasteiger partial charge in [0.15, 0.2) is 0 Å². The fourth-order valence-corrected chi connectivity index (χ4v) is 1.52. The van der Waals surface area contributed by atoms with Crippen molar-refractivity contribution in [1.82, 2.24) is 10.3 Å². The molecule has 0 spiro atoms. The standard InChI is InChI=1S/C12H17N3O/c1-5-15(9(2)3)11-6-10(7-14-8-11)12(16)13-4/h6-8H,2,5H2,1,3-4H3,(H,13,16). The summed E-state index contributed by atoms with van der Waals surface area (Å²) in [6.45, 7) is 8.65. The molecule has 16 heavy (non-hydrogen) atoms. The quantitative estimate of drug-likeness (QED) is 0.840. The molecule has 1 heterocycles. The number of amides is 1. The van der Waals surface area contributed by atoms with Gasteiger partial charge in [0.2, 0.25) is 0 Å². The summed E-state index contributed by atoms with van der Waals surface area (Å²) in [6, 6.07) is 1.81. The van der Waals surface area contributed by atoms with E-state index in [1.54, 1.807) is 19.4 Å². The number of hydrogen-bond acceptors (Lipinski definition) is 3. The van der Waals surface area contributed by atoms with Gasteiger partial charge in [0, 0.05) is 25.5 Å². The lowest BCUT2D eigenvalue weighted by molar-refractivity contribution is 0.0963. The van der Waals surface area contributed by atoms with E-state index in [0.29, 0.717) is 5.56 Å². The second-order valence-electron chi connectivity index (χ2n) is 3.49. The van der Waals surface area contributed by atoms with Gasteiger partial charge in [-0.05, 0) is 19.9 Å². The minimum Gasteiger partial charge on any atom is -0.355 e. The number of rotatable bonds is 4. The molecule has 0 aliphatic carbocycles. The van der Waals surface area contributed by atoms with Gasteiger partial charge in [-0.15, -0.1) is 0 Å². The maximum Gasteiger partial charge on any atom is 0.252 e. The number of allylic oxidation sites excluding steroid dienone is 1. The molecular formula is C12H17N3O. The molecule has 1 aromatic heterocycles. The Kier molecular flexibility index (Phi) is 4.05. The van der Waals surface area contributed by atoms with E-state index in [-0.39, 0.29) is 5.91 Å². The summed E-state index contributed by atoms with van der Waals surface area (Å²) in [6.07, 6.45) is 3.28. The fourth-order valence-electron chi connectivity index (χ4n) is 1.52. The second kappa shape index (κ2) is 5.30. The highest BCUT2D eigenvalue weighted by atomic mass is 16.1. The lowest BCUT2D eigenvalue weighted by atomic mass is 10.2. The first-order valence-electron chi connectivity index (χ1n) is 5.20. The van der Waals surface area contributed by atoms with Gasteiger partial charge >= 0.3 is 0 Å². The number of hydrogen-bond donors (Lipinski definition) is 1. The minimum absolute atomic E-state index is 0.132. The monoisotopic (exact) mass is 219 g/mol. The Morgan fingerprint density at radius 2 is 2.25 bits per heavy atom. The molecule has 86 valence electrons. The lowest BCUT2D eigenvalue weighted by Crippen LogP contribution is -2.22. The number of anilines is 1. The summed E-state index contributed by atoms with van der Waals surface area (Å²) >= 11 is 0. The van der Waals surface area contributed by atoms with Crippen molar-refractivity contribution >= 4 is 11.6 Å². The molecule has 1 amide bonds. The third-order valence-corrected chi connectivity index (χ3v) is 2.30. The van der Waals surface area contributed by atoms with Crippen LogP contribution in [0.1, 0.15) is 24.2 Å². The average Bonchev–Trinajstić information content (AvgIpc) is 2.29. The lowest BCUT2D eigenvalue weighted by Gasteiger charge is -2.22. The van der Waals surface area contributed by atoms with Gasteiger partial charge in [0.1, 0.15) is 0 Å². The van der Waals surface area contributed by atoms with Crippen molar-refractivity contribution in [2.75, 3.05) is 18.5 Å². The van der Waals surface area contributed by atoms with Crippen LogP contribution in [0.4, 0.5) is 5.69 Å². The van der Waals surface area contributed by atoms with Crippen molar-refractivity contribution in [3.8, 4) is 0 Å². The molecule has 0 aliphatic rings. The molecule has 0 saturated heterocycles. The molecule has 0 aromatic carbocycles. The van der Waals surface area contributed by atoms with Crippen LogP contribution in [-0.2, 0) is 0 Å². The minimum atomic E-state index is -0.132. The molecule has 1 aromatic rings. The first kappa shape index (κ1) is 12.2. The molecule has 4 nitrogen and oxygen atoms in total. The van der Waals surface area contributed by atoms with E-state index in [0.717, 1.165) is 17.9 Å². The molecule has 0 aliphatic heterocycles. The van der Waals surface area contributed by atoms with Crippen LogP contribution in [-0.4, -0.2) is 24.5 Å². The van der Waals surface area contributed by atoms with E-state index in [4.69, 9.17) is 0 Å². The van der Waals surface area contributed by atoms with Crippen molar-refractivity contribution in [2.45, 2.75) is 13.8 Å². The van der Waals surface area contributed by atoms with Crippen LogP contribution < -0.4 is 10.2 Å². The van der Waals surface area contributed by atoms with E-state index in [1.807, 2.05) is 24.8 Å². The molecule has 1 N–H and O–H groups in total. The Balaban J connectivity index is 3.06. The molecular weight excluding hydrogens is 202 g/mol. The average molecular weight is 219 g/mol. The van der Waals surface area contributed by atoms with Crippen molar-refractivity contribution in [2.24, 2.45) is 0 Å². The van der Waals surface area contributed by atoms with Gasteiger partial charge in [-0.25, -0.2) is 0 Å². The Bertz CT molecular complexity index is 401. The maximum atomic E-state index is 11.5. The zero-order chi connectivity index (χ0) is 12.1. The molecule has 4 heteroatoms. The molecule has 0 fully saturated rings. The summed E-state index contributed by atoms with van der Waals surface area (Å²) in [7, 11) is 1.60. The van der Waals surface area contributed by atoms with E-state index in [1.165, 1.54) is 0 Å².